The predicted octanol–water partition coefficient (Wildman–Crippen LogP) is 4.30. The molecule has 0 aliphatic heterocycles. The van der Waals surface area contributed by atoms with Gasteiger partial charge in [0, 0.05) is 12.8 Å². The number of rotatable bonds is 5. The molecule has 0 saturated carbocycles. The Kier molecular flexibility index (Phi) is 7.39. The fraction of sp³-hybridized carbons (Fsp3) is 0.750. The van der Waals surface area contributed by atoms with E-state index >= 15 is 0 Å². The molecule has 0 atom stereocenters. The van der Waals surface area contributed by atoms with Crippen LogP contribution in [0.1, 0.15) is 47.5 Å². The van der Waals surface area contributed by atoms with Gasteiger partial charge in [0.05, 0.1) is 5.76 Å². The van der Waals surface area contributed by atoms with Crippen LogP contribution in [0.25, 0.3) is 0 Å². The largest absolute Gasteiger partial charge is 0.685 e. The van der Waals surface area contributed by atoms with Gasteiger partial charge in [-0.25, -0.2) is 10.0 Å². The van der Waals surface area contributed by atoms with Crippen LogP contribution in [0.5, 0.6) is 0 Å². The summed E-state index contributed by atoms with van der Waals surface area (Å²) < 4.78 is 5.96. The van der Waals surface area contributed by atoms with Gasteiger partial charge in [-0.2, -0.15) is 0 Å². The minimum atomic E-state index is -1.70. The van der Waals surface area contributed by atoms with E-state index in [1.54, 1.807) is 0 Å². The summed E-state index contributed by atoms with van der Waals surface area (Å²) in [5.41, 5.74) is 1.06. The van der Waals surface area contributed by atoms with Crippen LogP contribution in [0.15, 0.2) is 16.8 Å². The molecule has 0 spiro atoms. The first-order valence-electron chi connectivity index (χ1n) is 5.82. The first-order chi connectivity index (χ1) is 7.35. The maximum absolute atomic E-state index is 6.34. The second-order valence-electron chi connectivity index (χ2n) is 4.83. The van der Waals surface area contributed by atoms with Crippen LogP contribution in [0.4, 0.5) is 0 Å². The van der Waals surface area contributed by atoms with Crippen molar-refractivity contribution in [1.82, 2.24) is 0 Å². The molecule has 0 rings (SSSR count). The monoisotopic (exact) mass is 259 g/mol. The third-order valence-corrected chi connectivity index (χ3v) is 6.36. The lowest BCUT2D eigenvalue weighted by atomic mass is 10.2. The molecule has 16 heavy (non-hydrogen) atoms. The second-order valence-corrected chi connectivity index (χ2v) is 8.62. The van der Waals surface area contributed by atoms with Gasteiger partial charge in [0.25, 0.3) is 0 Å². The van der Waals surface area contributed by atoms with Crippen LogP contribution in [0.2, 0.25) is 4.28 Å². The number of allylic oxidation sites excluding steroid dienone is 2. The molecule has 0 aromatic heterocycles. The van der Waals surface area contributed by atoms with Gasteiger partial charge in [-0.15, -0.1) is 0 Å². The number of hydrogen-bond acceptors (Lipinski definition) is 2. The van der Waals surface area contributed by atoms with Crippen molar-refractivity contribution in [3.63, 3.8) is 0 Å². The van der Waals surface area contributed by atoms with E-state index in [0.29, 0.717) is 0 Å². The number of halogens is 1. The average Bonchev–Trinajstić information content (AvgIpc) is 2.22. The lowest BCUT2D eigenvalue weighted by Crippen LogP contribution is -2.23. The smallest absolute Gasteiger partial charge is 0.634 e. The van der Waals surface area contributed by atoms with E-state index < -0.39 is 13.6 Å². The molecule has 0 saturated heterocycles. The normalized spacial score (nSPS) is 13.9. The van der Waals surface area contributed by atoms with Gasteiger partial charge in [-0.3, -0.25) is 4.99 Å². The van der Waals surface area contributed by atoms with E-state index in [1.165, 1.54) is 0 Å². The van der Waals surface area contributed by atoms with Crippen LogP contribution in [0, 0.1) is 0 Å². The summed E-state index contributed by atoms with van der Waals surface area (Å²) in [6, 6.07) is 0. The SMILES string of the molecule is CCC(/C=C(/CC)[O][Al]([Cl])[C](C)(C)C)=NC. The van der Waals surface area contributed by atoms with Crippen LogP contribution in [-0.2, 0) is 3.79 Å². The van der Waals surface area contributed by atoms with Crippen molar-refractivity contribution >= 4 is 29.3 Å². The molecule has 0 aliphatic rings. The Hall–Kier alpha value is 0.0325. The third kappa shape index (κ3) is 5.94. The van der Waals surface area contributed by atoms with Crippen LogP contribution >= 0.6 is 10.0 Å². The fourth-order valence-corrected chi connectivity index (χ4v) is 2.24. The first-order valence-corrected chi connectivity index (χ1v) is 8.61. The summed E-state index contributed by atoms with van der Waals surface area (Å²) in [7, 11) is 8.14. The molecule has 0 amide bonds. The van der Waals surface area contributed by atoms with Gasteiger partial charge in [0.2, 0.25) is 0 Å². The zero-order valence-corrected chi connectivity index (χ0v) is 13.2. The predicted molar refractivity (Wildman–Crippen MR) is 74.4 cm³/mol. The molecule has 92 valence electrons. The molecule has 0 aliphatic carbocycles. The lowest BCUT2D eigenvalue weighted by molar-refractivity contribution is 0.404. The molecule has 2 nitrogen and oxygen atoms in total. The standard InChI is InChI=1S/C8H15NO.C4H9.Al.ClH/c1-4-7(9-3)6-8(10)5-2;1-4(2)3;;/h6,10H,4-5H2,1-3H3;1-3H3;;1H/q;;+2;/p-2/b8-6-,9-7?;;;. The molecule has 0 unspecified atom stereocenters. The topological polar surface area (TPSA) is 21.6 Å². The molecular weight excluding hydrogens is 237 g/mol. The summed E-state index contributed by atoms with van der Waals surface area (Å²) in [6.07, 6.45) is 3.81. The van der Waals surface area contributed by atoms with Crippen molar-refractivity contribution in [2.75, 3.05) is 7.05 Å². The highest BCUT2D eigenvalue weighted by Crippen LogP contribution is 2.31. The molecule has 0 aromatic rings. The third-order valence-electron chi connectivity index (χ3n) is 2.26. The first kappa shape index (κ1) is 16.0. The Balaban J connectivity index is 4.65. The molecule has 4 heteroatoms. The number of hydrogen-bond donors (Lipinski definition) is 0. The molecule has 0 bridgehead atoms. The van der Waals surface area contributed by atoms with Crippen molar-refractivity contribution in [3.8, 4) is 0 Å². The molecule has 0 fully saturated rings. The van der Waals surface area contributed by atoms with Gasteiger partial charge < -0.3 is 3.79 Å². The molecular formula is C12H23AlClNO. The van der Waals surface area contributed by atoms with E-state index in [-0.39, 0.29) is 4.28 Å². The summed E-state index contributed by atoms with van der Waals surface area (Å²) in [6.45, 7) is 10.5. The van der Waals surface area contributed by atoms with Crippen LogP contribution in [-0.4, -0.2) is 26.3 Å². The maximum Gasteiger partial charge on any atom is 0.685 e. The van der Waals surface area contributed by atoms with Crippen molar-refractivity contribution in [1.29, 1.82) is 0 Å². The number of aliphatic imine (C=N–C) groups is 1. The van der Waals surface area contributed by atoms with Crippen molar-refractivity contribution in [2.45, 2.75) is 51.7 Å². The fourth-order valence-electron chi connectivity index (χ4n) is 1.04. The Morgan fingerprint density at radius 1 is 1.31 bits per heavy atom. The minimum absolute atomic E-state index is 0.0750. The lowest BCUT2D eigenvalue weighted by Gasteiger charge is -2.22. The Morgan fingerprint density at radius 3 is 2.19 bits per heavy atom. The minimum Gasteiger partial charge on any atom is -0.634 e. The Morgan fingerprint density at radius 2 is 1.88 bits per heavy atom. The highest BCUT2D eigenvalue weighted by Gasteiger charge is 2.37. The van der Waals surface area contributed by atoms with E-state index in [2.05, 4.69) is 39.6 Å². The van der Waals surface area contributed by atoms with Gasteiger partial charge in [-0.05, 0) is 23.2 Å². The molecule has 0 radical (unpaired) electrons. The summed E-state index contributed by atoms with van der Waals surface area (Å²) >= 11 is -1.70. The highest BCUT2D eigenvalue weighted by molar-refractivity contribution is 7.04. The average molecular weight is 260 g/mol. The van der Waals surface area contributed by atoms with E-state index in [9.17, 15) is 0 Å². The number of nitrogens with zero attached hydrogens (tertiary/aromatic N) is 1. The van der Waals surface area contributed by atoms with E-state index in [0.717, 1.165) is 24.3 Å². The molecule has 0 N–H and O–H groups in total. The van der Waals surface area contributed by atoms with Gasteiger partial charge >= 0.3 is 13.6 Å². The Labute approximate surface area is 109 Å². The highest BCUT2D eigenvalue weighted by atomic mass is 35.6. The Bertz CT molecular complexity index is 269. The van der Waals surface area contributed by atoms with Crippen LogP contribution < -0.4 is 0 Å². The van der Waals surface area contributed by atoms with E-state index in [4.69, 9.17) is 13.8 Å². The zero-order chi connectivity index (χ0) is 12.8. The van der Waals surface area contributed by atoms with E-state index in [1.807, 2.05) is 13.1 Å². The quantitative estimate of drug-likeness (QED) is 0.410. The van der Waals surface area contributed by atoms with Gasteiger partial charge in [0.1, 0.15) is 0 Å². The summed E-state index contributed by atoms with van der Waals surface area (Å²) in [5, 5.41) is 0. The zero-order valence-electron chi connectivity index (χ0n) is 11.3. The van der Waals surface area contributed by atoms with Crippen LogP contribution in [0.3, 0.4) is 0 Å². The molecule has 0 heterocycles. The maximum atomic E-state index is 6.34. The molecule has 0 aromatic carbocycles. The second kappa shape index (κ2) is 7.38. The van der Waals surface area contributed by atoms with Crippen molar-refractivity contribution < 1.29 is 3.79 Å². The van der Waals surface area contributed by atoms with Crippen molar-refractivity contribution in [3.05, 3.63) is 11.8 Å². The summed E-state index contributed by atoms with van der Waals surface area (Å²) in [4.78, 5) is 4.20. The van der Waals surface area contributed by atoms with Gasteiger partial charge in [0.15, 0.2) is 0 Å². The van der Waals surface area contributed by atoms with Gasteiger partial charge in [-0.1, -0.05) is 34.6 Å². The summed E-state index contributed by atoms with van der Waals surface area (Å²) in [5.74, 6) is 0.962. The van der Waals surface area contributed by atoms with Crippen molar-refractivity contribution in [2.24, 2.45) is 4.99 Å².